The number of amides is 2. The molecule has 6 heteroatoms. The Bertz CT molecular complexity index is 537. The molecule has 1 atom stereocenters. The third-order valence-electron chi connectivity index (χ3n) is 2.36. The van der Waals surface area contributed by atoms with Crippen molar-refractivity contribution in [2.24, 2.45) is 0 Å². The van der Waals surface area contributed by atoms with Gasteiger partial charge in [-0.05, 0) is 24.6 Å². The van der Waals surface area contributed by atoms with Crippen LogP contribution in [0.4, 0.5) is 10.5 Å². The normalized spacial score (nSPS) is 11.2. The average molecular weight is 281 g/mol. The van der Waals surface area contributed by atoms with E-state index in [4.69, 9.17) is 23.1 Å². The fourth-order valence-corrected chi connectivity index (χ4v) is 1.49. The number of benzene rings is 1. The molecule has 0 aliphatic carbocycles. The van der Waals surface area contributed by atoms with Crippen LogP contribution in [0.25, 0.3) is 0 Å². The molecule has 0 aliphatic rings. The van der Waals surface area contributed by atoms with E-state index in [9.17, 15) is 9.59 Å². The molecule has 1 aromatic rings. The molecule has 0 aliphatic heterocycles. The maximum Gasteiger partial charge on any atom is 0.327 e. The molecule has 1 unspecified atom stereocenters. The molecule has 1 rings (SSSR count). The summed E-state index contributed by atoms with van der Waals surface area (Å²) in [5, 5.41) is 14.1. The molecule has 0 radical (unpaired) electrons. The van der Waals surface area contributed by atoms with E-state index in [1.807, 2.05) is 6.92 Å². The minimum Gasteiger partial charge on any atom is -0.480 e. The molecular formula is C13H13ClN2O3. The molecule has 19 heavy (non-hydrogen) atoms. The van der Waals surface area contributed by atoms with E-state index in [1.165, 1.54) is 0 Å². The number of carbonyl (C=O) groups is 2. The summed E-state index contributed by atoms with van der Waals surface area (Å²) in [4.78, 5) is 22.4. The van der Waals surface area contributed by atoms with Crippen LogP contribution in [-0.4, -0.2) is 23.1 Å². The van der Waals surface area contributed by atoms with Gasteiger partial charge in [0, 0.05) is 17.1 Å². The molecule has 0 heterocycles. The second-order valence-electron chi connectivity index (χ2n) is 3.86. The van der Waals surface area contributed by atoms with Gasteiger partial charge in [0.1, 0.15) is 6.04 Å². The Morgan fingerprint density at radius 1 is 1.53 bits per heavy atom. The monoisotopic (exact) mass is 280 g/mol. The first-order valence-corrected chi connectivity index (χ1v) is 5.81. The van der Waals surface area contributed by atoms with Crippen molar-refractivity contribution < 1.29 is 14.7 Å². The fourth-order valence-electron chi connectivity index (χ4n) is 1.31. The van der Waals surface area contributed by atoms with Gasteiger partial charge in [0.05, 0.1) is 0 Å². The molecule has 100 valence electrons. The number of hydrogen-bond donors (Lipinski definition) is 3. The maximum absolute atomic E-state index is 11.6. The van der Waals surface area contributed by atoms with E-state index in [-0.39, 0.29) is 6.42 Å². The summed E-state index contributed by atoms with van der Waals surface area (Å²) >= 11 is 5.91. The molecule has 5 nitrogen and oxygen atoms in total. The molecule has 2 amide bonds. The lowest BCUT2D eigenvalue weighted by Gasteiger charge is -2.13. The minimum absolute atomic E-state index is 0.0859. The summed E-state index contributed by atoms with van der Waals surface area (Å²) in [7, 11) is 0. The highest BCUT2D eigenvalue weighted by molar-refractivity contribution is 6.31. The van der Waals surface area contributed by atoms with Crippen LogP contribution in [0.2, 0.25) is 5.02 Å². The van der Waals surface area contributed by atoms with Gasteiger partial charge in [0.25, 0.3) is 0 Å². The molecule has 0 aromatic heterocycles. The Morgan fingerprint density at radius 3 is 2.74 bits per heavy atom. The van der Waals surface area contributed by atoms with Gasteiger partial charge in [-0.25, -0.2) is 9.59 Å². The molecule has 0 spiro atoms. The molecule has 1 aromatic carbocycles. The molecule has 3 N–H and O–H groups in total. The average Bonchev–Trinajstić information content (AvgIpc) is 2.33. The van der Waals surface area contributed by atoms with Crippen LogP contribution in [0, 0.1) is 19.3 Å². The second-order valence-corrected chi connectivity index (χ2v) is 4.27. The number of aryl methyl sites for hydroxylation is 1. The Balaban J connectivity index is 2.66. The number of anilines is 1. The maximum atomic E-state index is 11.6. The van der Waals surface area contributed by atoms with Crippen molar-refractivity contribution in [3.8, 4) is 12.3 Å². The van der Waals surface area contributed by atoms with Crippen LogP contribution in [0.1, 0.15) is 12.0 Å². The van der Waals surface area contributed by atoms with E-state index >= 15 is 0 Å². The highest BCUT2D eigenvalue weighted by Crippen LogP contribution is 2.19. The van der Waals surface area contributed by atoms with Crippen molar-refractivity contribution in [1.82, 2.24) is 5.32 Å². The molecule has 0 fully saturated rings. The first-order valence-electron chi connectivity index (χ1n) is 5.44. The number of halogens is 1. The minimum atomic E-state index is -1.19. The second kappa shape index (κ2) is 6.66. The summed E-state index contributed by atoms with van der Waals surface area (Å²) < 4.78 is 0. The summed E-state index contributed by atoms with van der Waals surface area (Å²) in [5.41, 5.74) is 1.35. The zero-order valence-corrected chi connectivity index (χ0v) is 11.0. The molecular weight excluding hydrogens is 268 g/mol. The van der Waals surface area contributed by atoms with Crippen LogP contribution in [0.15, 0.2) is 18.2 Å². The van der Waals surface area contributed by atoms with Crippen LogP contribution < -0.4 is 10.6 Å². The lowest BCUT2D eigenvalue weighted by molar-refractivity contribution is -0.139. The van der Waals surface area contributed by atoms with E-state index in [0.29, 0.717) is 10.7 Å². The number of nitrogens with one attached hydrogen (secondary N) is 2. The van der Waals surface area contributed by atoms with Gasteiger partial charge >= 0.3 is 12.0 Å². The number of hydrogen-bond acceptors (Lipinski definition) is 2. The number of carbonyl (C=O) groups excluding carboxylic acids is 1. The first-order chi connectivity index (χ1) is 8.93. The standard InChI is InChI=1S/C13H13ClN2O3/c1-3-4-11(12(17)18)16-13(19)15-9-6-5-8(2)10(14)7-9/h1,5-7,11H,4H2,2H3,(H,17,18)(H2,15,16,19). The molecule has 0 saturated heterocycles. The molecule has 0 saturated carbocycles. The van der Waals surface area contributed by atoms with E-state index < -0.39 is 18.0 Å². The lowest BCUT2D eigenvalue weighted by atomic mass is 10.2. The fraction of sp³-hybridized carbons (Fsp3) is 0.231. The van der Waals surface area contributed by atoms with E-state index in [2.05, 4.69) is 16.6 Å². The van der Waals surface area contributed by atoms with Crippen molar-refractivity contribution in [3.05, 3.63) is 28.8 Å². The smallest absolute Gasteiger partial charge is 0.327 e. The van der Waals surface area contributed by atoms with Gasteiger partial charge in [-0.15, -0.1) is 12.3 Å². The zero-order valence-electron chi connectivity index (χ0n) is 10.2. The Morgan fingerprint density at radius 2 is 2.21 bits per heavy atom. The Labute approximate surface area is 116 Å². The largest absolute Gasteiger partial charge is 0.480 e. The quantitative estimate of drug-likeness (QED) is 0.740. The number of urea groups is 1. The number of rotatable bonds is 4. The van der Waals surface area contributed by atoms with Gasteiger partial charge in [0.15, 0.2) is 0 Å². The van der Waals surface area contributed by atoms with Crippen molar-refractivity contribution in [1.29, 1.82) is 0 Å². The highest BCUT2D eigenvalue weighted by atomic mass is 35.5. The summed E-state index contributed by atoms with van der Waals surface area (Å²) in [6.45, 7) is 1.83. The van der Waals surface area contributed by atoms with Gasteiger partial charge < -0.3 is 15.7 Å². The van der Waals surface area contributed by atoms with E-state index in [1.54, 1.807) is 18.2 Å². The third kappa shape index (κ3) is 4.53. The number of terminal acetylenes is 1. The van der Waals surface area contributed by atoms with Crippen molar-refractivity contribution in [2.75, 3.05) is 5.32 Å². The van der Waals surface area contributed by atoms with Crippen LogP contribution in [0.3, 0.4) is 0 Å². The van der Waals surface area contributed by atoms with Crippen LogP contribution >= 0.6 is 11.6 Å². The SMILES string of the molecule is C#CCC(NC(=O)Nc1ccc(C)c(Cl)c1)C(=O)O. The third-order valence-corrected chi connectivity index (χ3v) is 2.76. The summed E-state index contributed by atoms with van der Waals surface area (Å²) in [6, 6.07) is 3.22. The van der Waals surface area contributed by atoms with Gasteiger partial charge in [0.2, 0.25) is 0 Å². The van der Waals surface area contributed by atoms with Gasteiger partial charge in [-0.2, -0.15) is 0 Å². The number of carboxylic acid groups (broad SMARTS) is 1. The summed E-state index contributed by atoms with van der Waals surface area (Å²) in [5.74, 6) is 1.01. The van der Waals surface area contributed by atoms with Crippen LogP contribution in [0.5, 0.6) is 0 Å². The van der Waals surface area contributed by atoms with Crippen LogP contribution in [-0.2, 0) is 4.79 Å². The first kappa shape index (κ1) is 14.9. The topological polar surface area (TPSA) is 78.4 Å². The van der Waals surface area contributed by atoms with Crippen molar-refractivity contribution >= 4 is 29.3 Å². The van der Waals surface area contributed by atoms with Crippen molar-refractivity contribution in [2.45, 2.75) is 19.4 Å². The zero-order chi connectivity index (χ0) is 14.4. The molecule has 0 bridgehead atoms. The van der Waals surface area contributed by atoms with Crippen molar-refractivity contribution in [3.63, 3.8) is 0 Å². The number of aliphatic carboxylic acids is 1. The summed E-state index contributed by atoms with van der Waals surface area (Å²) in [6.07, 6.45) is 4.94. The van der Waals surface area contributed by atoms with Gasteiger partial charge in [-0.1, -0.05) is 17.7 Å². The Hall–Kier alpha value is -2.19. The lowest BCUT2D eigenvalue weighted by Crippen LogP contribution is -2.42. The number of carboxylic acids is 1. The predicted octanol–water partition coefficient (Wildman–Crippen LogP) is 2.25. The predicted molar refractivity (Wildman–Crippen MR) is 73.2 cm³/mol. The Kier molecular flexibility index (Phi) is 5.22. The van der Waals surface area contributed by atoms with Gasteiger partial charge in [-0.3, -0.25) is 0 Å². The van der Waals surface area contributed by atoms with E-state index in [0.717, 1.165) is 5.56 Å². The highest BCUT2D eigenvalue weighted by Gasteiger charge is 2.18.